The van der Waals surface area contributed by atoms with Gasteiger partial charge in [0.15, 0.2) is 0 Å². The number of carbonyl (C=O) groups excluding carboxylic acids is 1. The Morgan fingerprint density at radius 2 is 2.04 bits per heavy atom. The number of carbonyl (C=O) groups is 2. The van der Waals surface area contributed by atoms with E-state index in [2.05, 4.69) is 0 Å². The van der Waals surface area contributed by atoms with Gasteiger partial charge < -0.3 is 14.7 Å². The van der Waals surface area contributed by atoms with Crippen LogP contribution >= 0.6 is 11.8 Å². The number of carboxylic acid groups (broad SMARTS) is 1. The lowest BCUT2D eigenvalue weighted by Crippen LogP contribution is -2.40. The highest BCUT2D eigenvalue weighted by atomic mass is 32.2. The molecule has 5 nitrogen and oxygen atoms in total. The summed E-state index contributed by atoms with van der Waals surface area (Å²) in [5.41, 5.74) is -0.738. The summed E-state index contributed by atoms with van der Waals surface area (Å²) >= 11 is 0.409. The van der Waals surface area contributed by atoms with Crippen LogP contribution in [0.4, 0.5) is 8.78 Å². The Hall–Kier alpha value is -1.67. The fourth-order valence-electron chi connectivity index (χ4n) is 2.64. The number of alkyl halides is 2. The fourth-order valence-corrected chi connectivity index (χ4v) is 3.14. The Morgan fingerprint density at radius 3 is 2.57 bits per heavy atom. The largest absolute Gasteiger partial charge is 0.481 e. The number of methoxy groups -OCH3 is 1. The fraction of sp³-hybridized carbons (Fsp3) is 0.467. The monoisotopic (exact) mass is 345 g/mol. The molecule has 0 radical (unpaired) electrons. The van der Waals surface area contributed by atoms with Gasteiger partial charge in [0.05, 0.1) is 6.61 Å². The first-order valence-corrected chi connectivity index (χ1v) is 7.82. The van der Waals surface area contributed by atoms with Crippen molar-refractivity contribution in [3.05, 3.63) is 29.8 Å². The maximum absolute atomic E-state index is 12.4. The molecule has 1 atom stereocenters. The lowest BCUT2D eigenvalue weighted by Gasteiger charge is -2.23. The first-order valence-electron chi connectivity index (χ1n) is 6.94. The molecule has 1 N–H and O–H groups in total. The number of hydrogen-bond acceptors (Lipinski definition) is 4. The molecule has 1 saturated heterocycles. The van der Waals surface area contributed by atoms with E-state index < -0.39 is 17.1 Å². The zero-order valence-electron chi connectivity index (χ0n) is 12.5. The Morgan fingerprint density at radius 1 is 1.39 bits per heavy atom. The molecule has 1 fully saturated rings. The molecule has 1 heterocycles. The summed E-state index contributed by atoms with van der Waals surface area (Å²) in [5.74, 6) is -3.81. The summed E-state index contributed by atoms with van der Waals surface area (Å²) in [6, 6.07) is 5.87. The second-order valence-electron chi connectivity index (χ2n) is 5.40. The predicted molar refractivity (Wildman–Crippen MR) is 80.8 cm³/mol. The van der Waals surface area contributed by atoms with Crippen LogP contribution in [0.25, 0.3) is 0 Å². The Kier molecular flexibility index (Phi) is 5.59. The zero-order valence-corrected chi connectivity index (χ0v) is 13.3. The molecule has 2 rings (SSSR count). The number of thioether (sulfide) groups is 1. The molecule has 8 heteroatoms. The third-order valence-electron chi connectivity index (χ3n) is 3.84. The van der Waals surface area contributed by atoms with E-state index in [9.17, 15) is 23.5 Å². The third-order valence-corrected chi connectivity index (χ3v) is 4.56. The molecule has 0 aromatic heterocycles. The Labute approximate surface area is 136 Å². The highest BCUT2D eigenvalue weighted by Gasteiger charge is 2.46. The standard InChI is InChI=1S/C15H17F2NO4S/c1-22-9-15(13(20)21)6-7-18(8-15)12(19)10-2-4-11(5-3-10)23-14(16)17/h2-5,14H,6-9H2,1H3,(H,20,21). The number of benzene rings is 1. The summed E-state index contributed by atoms with van der Waals surface area (Å²) in [5, 5.41) is 9.39. The number of likely N-dealkylation sites (tertiary alicyclic amines) is 1. The Bertz CT molecular complexity index is 581. The summed E-state index contributed by atoms with van der Waals surface area (Å²) in [6.45, 7) is 0.431. The predicted octanol–water partition coefficient (Wildman–Crippen LogP) is 2.56. The number of aliphatic carboxylic acids is 1. The van der Waals surface area contributed by atoms with E-state index >= 15 is 0 Å². The average Bonchev–Trinajstić information content (AvgIpc) is 2.93. The maximum atomic E-state index is 12.4. The summed E-state index contributed by atoms with van der Waals surface area (Å²) in [6.07, 6.45) is 0.321. The first kappa shape index (κ1) is 17.7. The van der Waals surface area contributed by atoms with Crippen molar-refractivity contribution in [2.45, 2.75) is 17.1 Å². The molecule has 1 unspecified atom stereocenters. The third kappa shape index (κ3) is 4.00. The van der Waals surface area contributed by atoms with Crippen molar-refractivity contribution < 1.29 is 28.2 Å². The van der Waals surface area contributed by atoms with Crippen LogP contribution in [0.3, 0.4) is 0 Å². The van der Waals surface area contributed by atoms with E-state index in [0.29, 0.717) is 35.2 Å². The molecule has 1 aliphatic heterocycles. The minimum atomic E-state index is -2.51. The van der Waals surface area contributed by atoms with Crippen molar-refractivity contribution in [3.63, 3.8) is 0 Å². The minimum absolute atomic E-state index is 0.0378. The van der Waals surface area contributed by atoms with E-state index in [1.807, 2.05) is 0 Å². The maximum Gasteiger partial charge on any atom is 0.313 e. The number of carboxylic acids is 1. The molecule has 0 aliphatic carbocycles. The number of nitrogens with zero attached hydrogens (tertiary/aromatic N) is 1. The topological polar surface area (TPSA) is 66.8 Å². The molecule has 0 spiro atoms. The van der Waals surface area contributed by atoms with Crippen LogP contribution in [-0.2, 0) is 9.53 Å². The van der Waals surface area contributed by atoms with Crippen LogP contribution in [0.1, 0.15) is 16.8 Å². The van der Waals surface area contributed by atoms with Gasteiger partial charge in [-0.3, -0.25) is 9.59 Å². The molecule has 1 aliphatic rings. The van der Waals surface area contributed by atoms with Crippen LogP contribution in [0.2, 0.25) is 0 Å². The lowest BCUT2D eigenvalue weighted by molar-refractivity contribution is -0.151. The number of ether oxygens (including phenoxy) is 1. The second kappa shape index (κ2) is 7.27. The number of hydrogen-bond donors (Lipinski definition) is 1. The molecule has 1 aromatic carbocycles. The van der Waals surface area contributed by atoms with E-state index in [4.69, 9.17) is 4.74 Å². The van der Waals surface area contributed by atoms with Crippen molar-refractivity contribution in [1.29, 1.82) is 0 Å². The van der Waals surface area contributed by atoms with Crippen molar-refractivity contribution in [3.8, 4) is 0 Å². The van der Waals surface area contributed by atoms with Gasteiger partial charge in [-0.1, -0.05) is 11.8 Å². The highest BCUT2D eigenvalue weighted by Crippen LogP contribution is 2.32. The van der Waals surface area contributed by atoms with Gasteiger partial charge in [0.2, 0.25) is 0 Å². The molecule has 0 bridgehead atoms. The van der Waals surface area contributed by atoms with Gasteiger partial charge in [-0.25, -0.2) is 0 Å². The van der Waals surface area contributed by atoms with Crippen LogP contribution < -0.4 is 0 Å². The van der Waals surface area contributed by atoms with E-state index in [-0.39, 0.29) is 19.1 Å². The van der Waals surface area contributed by atoms with Crippen molar-refractivity contribution in [1.82, 2.24) is 4.90 Å². The number of halogens is 2. The van der Waals surface area contributed by atoms with Gasteiger partial charge in [-0.15, -0.1) is 0 Å². The normalized spacial score (nSPS) is 21.0. The van der Waals surface area contributed by atoms with E-state index in [1.165, 1.54) is 36.3 Å². The minimum Gasteiger partial charge on any atom is -0.481 e. The second-order valence-corrected chi connectivity index (χ2v) is 6.46. The molecular weight excluding hydrogens is 328 g/mol. The number of amides is 1. The quantitative estimate of drug-likeness (QED) is 0.803. The zero-order chi connectivity index (χ0) is 17.0. The first-order chi connectivity index (χ1) is 10.9. The molecular formula is C15H17F2NO4S. The molecule has 1 amide bonds. The van der Waals surface area contributed by atoms with E-state index in [1.54, 1.807) is 0 Å². The van der Waals surface area contributed by atoms with Gasteiger partial charge in [-0.05, 0) is 30.7 Å². The van der Waals surface area contributed by atoms with Gasteiger partial charge in [0.25, 0.3) is 11.7 Å². The van der Waals surface area contributed by atoms with Crippen molar-refractivity contribution in [2.75, 3.05) is 26.8 Å². The number of rotatable bonds is 6. The highest BCUT2D eigenvalue weighted by molar-refractivity contribution is 7.99. The van der Waals surface area contributed by atoms with Crippen LogP contribution in [0.5, 0.6) is 0 Å². The van der Waals surface area contributed by atoms with Gasteiger partial charge >= 0.3 is 5.97 Å². The molecule has 0 saturated carbocycles. The summed E-state index contributed by atoms with van der Waals surface area (Å²) in [4.78, 5) is 25.7. The van der Waals surface area contributed by atoms with Crippen LogP contribution in [0.15, 0.2) is 29.2 Å². The lowest BCUT2D eigenvalue weighted by atomic mass is 9.88. The SMILES string of the molecule is COCC1(C(=O)O)CCN(C(=O)c2ccc(SC(F)F)cc2)C1. The van der Waals surface area contributed by atoms with Gasteiger partial charge in [-0.2, -0.15) is 8.78 Å². The van der Waals surface area contributed by atoms with Gasteiger partial charge in [0, 0.05) is 30.7 Å². The Balaban J connectivity index is 2.08. The van der Waals surface area contributed by atoms with Crippen molar-refractivity contribution >= 4 is 23.6 Å². The smallest absolute Gasteiger partial charge is 0.313 e. The van der Waals surface area contributed by atoms with Crippen molar-refractivity contribution in [2.24, 2.45) is 5.41 Å². The molecule has 23 heavy (non-hydrogen) atoms. The van der Waals surface area contributed by atoms with E-state index in [0.717, 1.165) is 0 Å². The molecule has 126 valence electrons. The van der Waals surface area contributed by atoms with Gasteiger partial charge in [0.1, 0.15) is 5.41 Å². The van der Waals surface area contributed by atoms with Crippen LogP contribution in [-0.4, -0.2) is 54.4 Å². The average molecular weight is 345 g/mol. The van der Waals surface area contributed by atoms with Crippen LogP contribution in [0, 0.1) is 5.41 Å². The summed E-state index contributed by atoms with van der Waals surface area (Å²) in [7, 11) is 1.43. The molecule has 1 aromatic rings. The summed E-state index contributed by atoms with van der Waals surface area (Å²) < 4.78 is 29.5.